The van der Waals surface area contributed by atoms with Crippen molar-refractivity contribution >= 4 is 27.5 Å². The largest absolute Gasteiger partial charge is 0.496 e. The van der Waals surface area contributed by atoms with Crippen LogP contribution in [0, 0.1) is 11.3 Å². The number of ether oxygens (including phenoxy) is 1. The van der Waals surface area contributed by atoms with Crippen molar-refractivity contribution in [2.45, 2.75) is 32.4 Å². The van der Waals surface area contributed by atoms with Crippen molar-refractivity contribution in [3.05, 3.63) is 58.6 Å². The van der Waals surface area contributed by atoms with Crippen LogP contribution in [-0.4, -0.2) is 25.6 Å². The molecule has 0 fully saturated rings. The molecular weight excluding hydrogens is 406 g/mol. The molecule has 0 saturated heterocycles. The summed E-state index contributed by atoms with van der Waals surface area (Å²) in [4.78, 5) is 14.7. The standard InChI is InChI=1S/C21H24BrN3O2/c1-15(17-10-11-20(27-3)19(22)14-17)24-16(2)21(26)25(13-7-12-23)18-8-5-4-6-9-18/h4-6,8-11,14-16,24H,7,13H2,1-3H3. The van der Waals surface area contributed by atoms with Gasteiger partial charge < -0.3 is 9.64 Å². The molecule has 0 spiro atoms. The first-order valence-corrected chi connectivity index (χ1v) is 9.60. The number of rotatable bonds is 8. The second-order valence-corrected chi connectivity index (χ2v) is 7.09. The van der Waals surface area contributed by atoms with Crippen LogP contribution in [0.15, 0.2) is 53.0 Å². The fourth-order valence-electron chi connectivity index (χ4n) is 2.86. The Balaban J connectivity index is 2.12. The topological polar surface area (TPSA) is 65.4 Å². The summed E-state index contributed by atoms with van der Waals surface area (Å²) in [5.41, 5.74) is 1.84. The van der Waals surface area contributed by atoms with Crippen molar-refractivity contribution in [3.63, 3.8) is 0 Å². The van der Waals surface area contributed by atoms with Gasteiger partial charge in [-0.15, -0.1) is 0 Å². The maximum Gasteiger partial charge on any atom is 0.243 e. The number of benzene rings is 2. The highest BCUT2D eigenvalue weighted by Crippen LogP contribution is 2.28. The maximum atomic E-state index is 13.0. The van der Waals surface area contributed by atoms with E-state index in [0.717, 1.165) is 21.5 Å². The lowest BCUT2D eigenvalue weighted by Crippen LogP contribution is -2.46. The Kier molecular flexibility index (Phi) is 7.83. The molecule has 0 heterocycles. The molecule has 1 amide bonds. The Bertz CT molecular complexity index is 805. The third kappa shape index (κ3) is 5.56. The van der Waals surface area contributed by atoms with Gasteiger partial charge in [0.2, 0.25) is 5.91 Å². The van der Waals surface area contributed by atoms with Gasteiger partial charge in [-0.1, -0.05) is 24.3 Å². The van der Waals surface area contributed by atoms with E-state index in [4.69, 9.17) is 10.00 Å². The van der Waals surface area contributed by atoms with Gasteiger partial charge in [0.15, 0.2) is 0 Å². The lowest BCUT2D eigenvalue weighted by molar-refractivity contribution is -0.120. The molecule has 0 bridgehead atoms. The smallest absolute Gasteiger partial charge is 0.243 e. The number of nitriles is 1. The Labute approximate surface area is 169 Å². The van der Waals surface area contributed by atoms with E-state index in [1.807, 2.05) is 62.4 Å². The number of amides is 1. The number of para-hydroxylation sites is 1. The van der Waals surface area contributed by atoms with Crippen LogP contribution in [-0.2, 0) is 4.79 Å². The van der Waals surface area contributed by atoms with Gasteiger partial charge in [0, 0.05) is 18.3 Å². The van der Waals surface area contributed by atoms with E-state index >= 15 is 0 Å². The van der Waals surface area contributed by atoms with Crippen LogP contribution < -0.4 is 15.0 Å². The van der Waals surface area contributed by atoms with Gasteiger partial charge in [-0.25, -0.2) is 0 Å². The van der Waals surface area contributed by atoms with Crippen molar-refractivity contribution in [1.29, 1.82) is 5.26 Å². The zero-order valence-electron chi connectivity index (χ0n) is 15.8. The summed E-state index contributed by atoms with van der Waals surface area (Å²) in [5.74, 6) is 0.706. The average Bonchev–Trinajstić information content (AvgIpc) is 2.68. The number of carbonyl (C=O) groups excluding carboxylic acids is 1. The summed E-state index contributed by atoms with van der Waals surface area (Å²) in [6, 6.07) is 17.0. The van der Waals surface area contributed by atoms with Crippen LogP contribution in [0.4, 0.5) is 5.69 Å². The van der Waals surface area contributed by atoms with Crippen LogP contribution in [0.3, 0.4) is 0 Å². The van der Waals surface area contributed by atoms with Gasteiger partial charge in [0.25, 0.3) is 0 Å². The minimum Gasteiger partial charge on any atom is -0.496 e. The van der Waals surface area contributed by atoms with Gasteiger partial charge in [-0.2, -0.15) is 5.26 Å². The molecule has 2 unspecified atom stereocenters. The molecule has 0 aliphatic rings. The molecule has 0 radical (unpaired) electrons. The summed E-state index contributed by atoms with van der Waals surface area (Å²) >= 11 is 3.49. The third-order valence-corrected chi connectivity index (χ3v) is 4.95. The molecule has 2 atom stereocenters. The molecule has 0 saturated carbocycles. The zero-order valence-corrected chi connectivity index (χ0v) is 17.4. The molecule has 5 nitrogen and oxygen atoms in total. The van der Waals surface area contributed by atoms with E-state index in [1.165, 1.54) is 0 Å². The predicted molar refractivity (Wildman–Crippen MR) is 111 cm³/mol. The first-order valence-electron chi connectivity index (χ1n) is 8.80. The minimum absolute atomic E-state index is 0.0280. The van der Waals surface area contributed by atoms with Gasteiger partial charge >= 0.3 is 0 Å². The van der Waals surface area contributed by atoms with Crippen molar-refractivity contribution in [3.8, 4) is 11.8 Å². The molecule has 0 aliphatic heterocycles. The highest BCUT2D eigenvalue weighted by atomic mass is 79.9. The molecule has 6 heteroatoms. The Morgan fingerprint density at radius 3 is 2.56 bits per heavy atom. The van der Waals surface area contributed by atoms with E-state index in [0.29, 0.717) is 6.54 Å². The van der Waals surface area contributed by atoms with Gasteiger partial charge in [0.1, 0.15) is 5.75 Å². The first-order chi connectivity index (χ1) is 13.0. The minimum atomic E-state index is -0.403. The summed E-state index contributed by atoms with van der Waals surface area (Å²) in [5, 5.41) is 12.3. The van der Waals surface area contributed by atoms with Crippen LogP contribution in [0.2, 0.25) is 0 Å². The molecule has 2 aromatic carbocycles. The first kappa shape index (κ1) is 20.9. The number of carbonyl (C=O) groups is 1. The molecule has 1 N–H and O–H groups in total. The van der Waals surface area contributed by atoms with Gasteiger partial charge in [-0.3, -0.25) is 10.1 Å². The fourth-order valence-corrected chi connectivity index (χ4v) is 3.42. The number of nitrogens with one attached hydrogen (secondary N) is 1. The van der Waals surface area contributed by atoms with Gasteiger partial charge in [0.05, 0.1) is 30.1 Å². The monoisotopic (exact) mass is 429 g/mol. The van der Waals surface area contributed by atoms with E-state index in [1.54, 1.807) is 12.0 Å². The van der Waals surface area contributed by atoms with Crippen molar-refractivity contribution < 1.29 is 9.53 Å². The molecular formula is C21H24BrN3O2. The lowest BCUT2D eigenvalue weighted by Gasteiger charge is -2.27. The van der Waals surface area contributed by atoms with Crippen LogP contribution >= 0.6 is 15.9 Å². The molecule has 2 aromatic rings. The van der Waals surface area contributed by atoms with E-state index in [-0.39, 0.29) is 18.4 Å². The number of methoxy groups -OCH3 is 1. The van der Waals surface area contributed by atoms with Crippen molar-refractivity contribution in [2.75, 3.05) is 18.6 Å². The summed E-state index contributed by atoms with van der Waals surface area (Å²) in [6.45, 7) is 4.23. The summed E-state index contributed by atoms with van der Waals surface area (Å²) < 4.78 is 6.13. The second kappa shape index (κ2) is 10.1. The maximum absolute atomic E-state index is 13.0. The highest BCUT2D eigenvalue weighted by Gasteiger charge is 2.23. The highest BCUT2D eigenvalue weighted by molar-refractivity contribution is 9.10. The molecule has 27 heavy (non-hydrogen) atoms. The molecule has 142 valence electrons. The Hall–Kier alpha value is -2.36. The molecule has 2 rings (SSSR count). The number of nitrogens with zero attached hydrogens (tertiary/aromatic N) is 2. The zero-order chi connectivity index (χ0) is 19.8. The fraction of sp³-hybridized carbons (Fsp3) is 0.333. The van der Waals surface area contributed by atoms with Crippen LogP contribution in [0.25, 0.3) is 0 Å². The number of hydrogen-bond acceptors (Lipinski definition) is 4. The molecule has 0 aliphatic carbocycles. The van der Waals surface area contributed by atoms with Crippen molar-refractivity contribution in [2.24, 2.45) is 0 Å². The lowest BCUT2D eigenvalue weighted by atomic mass is 10.1. The van der Waals surface area contributed by atoms with Crippen LogP contribution in [0.5, 0.6) is 5.75 Å². The normalized spacial score (nSPS) is 12.7. The molecule has 0 aromatic heterocycles. The summed E-state index contributed by atoms with van der Waals surface area (Å²) in [7, 11) is 1.63. The quantitative estimate of drug-likeness (QED) is 0.673. The SMILES string of the molecule is COc1ccc(C(C)NC(C)C(=O)N(CCC#N)c2ccccc2)cc1Br. The van der Waals surface area contributed by atoms with Crippen LogP contribution in [0.1, 0.15) is 31.9 Å². The van der Waals surface area contributed by atoms with Gasteiger partial charge in [-0.05, 0) is 59.6 Å². The van der Waals surface area contributed by atoms with E-state index in [9.17, 15) is 4.79 Å². The Morgan fingerprint density at radius 2 is 1.96 bits per heavy atom. The average molecular weight is 430 g/mol. The number of halogens is 1. The predicted octanol–water partition coefficient (Wildman–Crippen LogP) is 4.44. The number of hydrogen-bond donors (Lipinski definition) is 1. The second-order valence-electron chi connectivity index (χ2n) is 6.24. The van der Waals surface area contributed by atoms with E-state index in [2.05, 4.69) is 27.3 Å². The van der Waals surface area contributed by atoms with E-state index < -0.39 is 6.04 Å². The van der Waals surface area contributed by atoms with Crippen molar-refractivity contribution in [1.82, 2.24) is 5.32 Å². The summed E-state index contributed by atoms with van der Waals surface area (Å²) in [6.07, 6.45) is 0.286. The number of anilines is 1. The Morgan fingerprint density at radius 1 is 1.26 bits per heavy atom. The third-order valence-electron chi connectivity index (χ3n) is 4.33.